The van der Waals surface area contributed by atoms with Crippen molar-refractivity contribution in [3.63, 3.8) is 0 Å². The Morgan fingerprint density at radius 1 is 1.24 bits per heavy atom. The van der Waals surface area contributed by atoms with Gasteiger partial charge in [0, 0.05) is 18.7 Å². The first-order valence-corrected chi connectivity index (χ1v) is 6.59. The van der Waals surface area contributed by atoms with Gasteiger partial charge in [-0.05, 0) is 30.7 Å². The molecule has 7 heteroatoms. The fourth-order valence-corrected chi connectivity index (χ4v) is 1.77. The minimum absolute atomic E-state index is 0.0696. The number of primary sulfonamides is 1. The number of benzene rings is 1. The monoisotopic (exact) mass is 257 g/mol. The third-order valence-electron chi connectivity index (χ3n) is 2.11. The molecule has 5 N–H and O–H groups in total. The largest absolute Gasteiger partial charge is 0.385 e. The minimum atomic E-state index is -3.64. The SMILES string of the molecule is NC(=O)CCCNc1ccc(S(N)(=O)=O)cc1. The third kappa shape index (κ3) is 4.83. The van der Waals surface area contributed by atoms with Crippen LogP contribution in [0.1, 0.15) is 12.8 Å². The second kappa shape index (κ2) is 5.65. The Balaban J connectivity index is 2.49. The normalized spacial score (nSPS) is 11.1. The molecule has 1 aromatic carbocycles. The number of nitrogens with two attached hydrogens (primary N) is 2. The lowest BCUT2D eigenvalue weighted by Gasteiger charge is -2.06. The number of rotatable bonds is 6. The Labute approximate surface area is 100 Å². The highest BCUT2D eigenvalue weighted by atomic mass is 32.2. The van der Waals surface area contributed by atoms with Crippen molar-refractivity contribution >= 4 is 21.6 Å². The summed E-state index contributed by atoms with van der Waals surface area (Å²) in [7, 11) is -3.64. The van der Waals surface area contributed by atoms with Gasteiger partial charge in [0.2, 0.25) is 15.9 Å². The van der Waals surface area contributed by atoms with Crippen LogP contribution in [-0.2, 0) is 14.8 Å². The van der Waals surface area contributed by atoms with E-state index < -0.39 is 10.0 Å². The van der Waals surface area contributed by atoms with Crippen molar-refractivity contribution in [3.8, 4) is 0 Å². The smallest absolute Gasteiger partial charge is 0.238 e. The number of anilines is 1. The summed E-state index contributed by atoms with van der Waals surface area (Å²) in [5.74, 6) is -0.337. The molecule has 0 saturated carbocycles. The highest BCUT2D eigenvalue weighted by molar-refractivity contribution is 7.89. The Kier molecular flexibility index (Phi) is 4.47. The Hall–Kier alpha value is -1.60. The molecule has 0 fully saturated rings. The van der Waals surface area contributed by atoms with Crippen molar-refractivity contribution in [1.29, 1.82) is 0 Å². The third-order valence-corrected chi connectivity index (χ3v) is 3.04. The van der Waals surface area contributed by atoms with E-state index in [0.717, 1.165) is 5.69 Å². The predicted molar refractivity (Wildman–Crippen MR) is 64.7 cm³/mol. The summed E-state index contributed by atoms with van der Waals surface area (Å²) in [6, 6.07) is 6.07. The molecule has 1 rings (SSSR count). The van der Waals surface area contributed by atoms with E-state index in [1.807, 2.05) is 0 Å². The number of hydrogen-bond donors (Lipinski definition) is 3. The zero-order valence-electron chi connectivity index (χ0n) is 9.22. The van der Waals surface area contributed by atoms with E-state index in [1.165, 1.54) is 12.1 Å². The standard InChI is InChI=1S/C10H15N3O3S/c11-10(14)2-1-7-13-8-3-5-9(6-4-8)17(12,15)16/h3-6,13H,1-2,7H2,(H2,11,14)(H2,12,15,16). The van der Waals surface area contributed by atoms with Crippen LogP contribution >= 0.6 is 0 Å². The van der Waals surface area contributed by atoms with Gasteiger partial charge in [0.05, 0.1) is 4.90 Å². The summed E-state index contributed by atoms with van der Waals surface area (Å²) in [6.45, 7) is 0.595. The van der Waals surface area contributed by atoms with Gasteiger partial charge in [-0.25, -0.2) is 13.6 Å². The van der Waals surface area contributed by atoms with Gasteiger partial charge in [0.1, 0.15) is 0 Å². The molecule has 94 valence electrons. The van der Waals surface area contributed by atoms with Crippen LogP contribution in [0.5, 0.6) is 0 Å². The van der Waals surface area contributed by atoms with E-state index in [4.69, 9.17) is 10.9 Å². The number of carbonyl (C=O) groups is 1. The van der Waals surface area contributed by atoms with E-state index in [9.17, 15) is 13.2 Å². The lowest BCUT2D eigenvalue weighted by molar-refractivity contribution is -0.118. The number of primary amides is 1. The maximum atomic E-state index is 11.0. The van der Waals surface area contributed by atoms with E-state index in [0.29, 0.717) is 19.4 Å². The Morgan fingerprint density at radius 3 is 2.29 bits per heavy atom. The Bertz CT molecular complexity index is 482. The fraction of sp³-hybridized carbons (Fsp3) is 0.300. The first-order valence-electron chi connectivity index (χ1n) is 5.04. The molecule has 17 heavy (non-hydrogen) atoms. The van der Waals surface area contributed by atoms with Crippen LogP contribution in [0.4, 0.5) is 5.69 Å². The zero-order chi connectivity index (χ0) is 12.9. The molecule has 0 aromatic heterocycles. The molecule has 0 aliphatic heterocycles. The van der Waals surface area contributed by atoms with Crippen molar-refractivity contribution < 1.29 is 13.2 Å². The Morgan fingerprint density at radius 2 is 1.82 bits per heavy atom. The van der Waals surface area contributed by atoms with Crippen molar-refractivity contribution in [1.82, 2.24) is 0 Å². The molecule has 0 saturated heterocycles. The molecule has 0 spiro atoms. The molecule has 1 amide bonds. The maximum absolute atomic E-state index is 11.0. The van der Waals surface area contributed by atoms with Gasteiger partial charge in [0.15, 0.2) is 0 Å². The molecule has 0 aliphatic carbocycles. The zero-order valence-corrected chi connectivity index (χ0v) is 10.0. The molecule has 0 unspecified atom stereocenters. The highest BCUT2D eigenvalue weighted by Gasteiger charge is 2.06. The van der Waals surface area contributed by atoms with Crippen molar-refractivity contribution in [3.05, 3.63) is 24.3 Å². The van der Waals surface area contributed by atoms with Gasteiger partial charge >= 0.3 is 0 Å². The summed E-state index contributed by atoms with van der Waals surface area (Å²) in [6.07, 6.45) is 0.953. The summed E-state index contributed by atoms with van der Waals surface area (Å²) >= 11 is 0. The summed E-state index contributed by atoms with van der Waals surface area (Å²) in [5.41, 5.74) is 5.76. The van der Waals surface area contributed by atoms with Gasteiger partial charge in [-0.15, -0.1) is 0 Å². The van der Waals surface area contributed by atoms with Gasteiger partial charge in [-0.3, -0.25) is 4.79 Å². The highest BCUT2D eigenvalue weighted by Crippen LogP contribution is 2.12. The van der Waals surface area contributed by atoms with Gasteiger partial charge in [0.25, 0.3) is 0 Å². The van der Waals surface area contributed by atoms with E-state index in [1.54, 1.807) is 12.1 Å². The maximum Gasteiger partial charge on any atom is 0.238 e. The molecule has 0 atom stereocenters. The predicted octanol–water partition coefficient (Wildman–Crippen LogP) is 0.0114. The molecule has 1 aromatic rings. The van der Waals surface area contributed by atoms with Crippen LogP contribution in [0.25, 0.3) is 0 Å². The second-order valence-corrected chi connectivity index (χ2v) is 5.13. The number of sulfonamides is 1. The van der Waals surface area contributed by atoms with Crippen molar-refractivity contribution in [2.24, 2.45) is 10.9 Å². The summed E-state index contributed by atoms with van der Waals surface area (Å²) in [4.78, 5) is 10.5. The van der Waals surface area contributed by atoms with Crippen LogP contribution in [0.15, 0.2) is 29.2 Å². The van der Waals surface area contributed by atoms with Crippen molar-refractivity contribution in [2.75, 3.05) is 11.9 Å². The summed E-state index contributed by atoms with van der Waals surface area (Å²) in [5, 5.41) is 8.00. The second-order valence-electron chi connectivity index (χ2n) is 3.57. The molecule has 0 heterocycles. The number of nitrogens with one attached hydrogen (secondary N) is 1. The molecule has 0 aliphatic rings. The lowest BCUT2D eigenvalue weighted by Crippen LogP contribution is -2.13. The van der Waals surface area contributed by atoms with Crippen LogP contribution in [0.2, 0.25) is 0 Å². The van der Waals surface area contributed by atoms with Crippen LogP contribution in [0, 0.1) is 0 Å². The molecule has 0 radical (unpaired) electrons. The average Bonchev–Trinajstić information content (AvgIpc) is 2.23. The van der Waals surface area contributed by atoms with Gasteiger partial charge in [-0.2, -0.15) is 0 Å². The van der Waals surface area contributed by atoms with Crippen molar-refractivity contribution in [2.45, 2.75) is 17.7 Å². The fourth-order valence-electron chi connectivity index (χ4n) is 1.26. The molecular weight excluding hydrogens is 242 g/mol. The first-order chi connectivity index (χ1) is 7.89. The molecule has 6 nitrogen and oxygen atoms in total. The van der Waals surface area contributed by atoms with Crippen LogP contribution in [0.3, 0.4) is 0 Å². The van der Waals surface area contributed by atoms with E-state index in [-0.39, 0.29) is 10.8 Å². The minimum Gasteiger partial charge on any atom is -0.385 e. The average molecular weight is 257 g/mol. The number of amides is 1. The van der Waals surface area contributed by atoms with Gasteiger partial charge < -0.3 is 11.1 Å². The van der Waals surface area contributed by atoms with E-state index >= 15 is 0 Å². The molecular formula is C10H15N3O3S. The number of hydrogen-bond acceptors (Lipinski definition) is 4. The molecule has 0 bridgehead atoms. The lowest BCUT2D eigenvalue weighted by atomic mass is 10.2. The first kappa shape index (κ1) is 13.5. The topological polar surface area (TPSA) is 115 Å². The summed E-state index contributed by atoms with van der Waals surface area (Å²) < 4.78 is 22.0. The van der Waals surface area contributed by atoms with Crippen LogP contribution in [-0.4, -0.2) is 20.9 Å². The van der Waals surface area contributed by atoms with Crippen LogP contribution < -0.4 is 16.2 Å². The quantitative estimate of drug-likeness (QED) is 0.622. The number of carbonyl (C=O) groups excluding carboxylic acids is 1. The van der Waals surface area contributed by atoms with Gasteiger partial charge in [-0.1, -0.05) is 0 Å². The van der Waals surface area contributed by atoms with E-state index in [2.05, 4.69) is 5.32 Å².